The summed E-state index contributed by atoms with van der Waals surface area (Å²) in [5.41, 5.74) is 1.94. The number of esters is 1. The van der Waals surface area contributed by atoms with Crippen LogP contribution in [0.5, 0.6) is 0 Å². The lowest BCUT2D eigenvalue weighted by Crippen LogP contribution is -2.31. The average molecular weight is 437 g/mol. The minimum absolute atomic E-state index is 0.000855. The van der Waals surface area contributed by atoms with Crippen LogP contribution in [0.1, 0.15) is 48.8 Å². The highest BCUT2D eigenvalue weighted by molar-refractivity contribution is 7.17. The number of amides is 1. The Morgan fingerprint density at radius 2 is 2.03 bits per heavy atom. The largest absolute Gasteiger partial charge is 0.460 e. The van der Waals surface area contributed by atoms with Gasteiger partial charge in [0.1, 0.15) is 22.5 Å². The maximum absolute atomic E-state index is 14.1. The fourth-order valence-electron chi connectivity index (χ4n) is 3.02. The lowest BCUT2D eigenvalue weighted by molar-refractivity contribution is -0.155. The van der Waals surface area contributed by atoms with Crippen molar-refractivity contribution in [3.8, 4) is 0 Å². The van der Waals surface area contributed by atoms with E-state index in [0.29, 0.717) is 16.3 Å². The molecule has 3 rings (SSSR count). The molecule has 1 N–H and O–H groups in total. The number of ether oxygens (including phenoxy) is 1. The molecule has 0 fully saturated rings. The second-order valence-corrected chi connectivity index (χ2v) is 9.52. The van der Waals surface area contributed by atoms with Crippen LogP contribution < -0.4 is 5.32 Å². The fraction of sp³-hybridized carbons (Fsp3) is 0.381. The summed E-state index contributed by atoms with van der Waals surface area (Å²) < 4.78 is 19.5. The molecule has 1 aliphatic rings. The van der Waals surface area contributed by atoms with E-state index in [1.165, 1.54) is 23.5 Å². The summed E-state index contributed by atoms with van der Waals surface area (Å²) in [7, 11) is 0. The van der Waals surface area contributed by atoms with Gasteiger partial charge in [-0.1, -0.05) is 17.7 Å². The third-order valence-corrected chi connectivity index (χ3v) is 5.85. The molecule has 1 unspecified atom stereocenters. The summed E-state index contributed by atoms with van der Waals surface area (Å²) in [4.78, 5) is 30.7. The molecule has 1 amide bonds. The molecule has 0 saturated heterocycles. The molecule has 1 atom stereocenters. The number of aliphatic imine (C=N–C) groups is 1. The number of fused-ring (bicyclic) bond motifs is 1. The number of nitrogens with zero attached hydrogens (tertiary/aromatic N) is 1. The number of aryl methyl sites for hydroxylation is 1. The van der Waals surface area contributed by atoms with Crippen LogP contribution in [0.25, 0.3) is 0 Å². The number of anilines is 1. The van der Waals surface area contributed by atoms with Gasteiger partial charge in [-0.05, 0) is 52.3 Å². The van der Waals surface area contributed by atoms with Gasteiger partial charge in [0.05, 0.1) is 17.2 Å². The van der Waals surface area contributed by atoms with Crippen molar-refractivity contribution >= 4 is 45.5 Å². The van der Waals surface area contributed by atoms with E-state index in [1.807, 2.05) is 13.8 Å². The van der Waals surface area contributed by atoms with Gasteiger partial charge in [0.25, 0.3) is 0 Å². The van der Waals surface area contributed by atoms with Crippen molar-refractivity contribution in [2.24, 2.45) is 4.99 Å². The quantitative estimate of drug-likeness (QED) is 0.685. The van der Waals surface area contributed by atoms with Crippen LogP contribution in [0.4, 0.5) is 9.39 Å². The number of rotatable bonds is 3. The van der Waals surface area contributed by atoms with Crippen molar-refractivity contribution in [1.29, 1.82) is 0 Å². The number of thiophene rings is 1. The zero-order valence-electron chi connectivity index (χ0n) is 16.9. The van der Waals surface area contributed by atoms with Gasteiger partial charge in [0.2, 0.25) is 5.91 Å². The topological polar surface area (TPSA) is 67.8 Å². The highest BCUT2D eigenvalue weighted by Gasteiger charge is 2.32. The summed E-state index contributed by atoms with van der Waals surface area (Å²) >= 11 is 7.25. The molecule has 0 radical (unpaired) electrons. The van der Waals surface area contributed by atoms with E-state index >= 15 is 0 Å². The number of hydrogen-bond donors (Lipinski definition) is 1. The van der Waals surface area contributed by atoms with Crippen LogP contribution in [0.15, 0.2) is 23.2 Å². The van der Waals surface area contributed by atoms with Gasteiger partial charge in [-0.25, -0.2) is 4.39 Å². The van der Waals surface area contributed by atoms with E-state index in [9.17, 15) is 14.0 Å². The number of nitrogens with one attached hydrogen (secondary N) is 1. The second-order valence-electron chi connectivity index (χ2n) is 7.89. The Balaban J connectivity index is 2.09. The minimum Gasteiger partial charge on any atom is -0.460 e. The predicted molar refractivity (Wildman–Crippen MR) is 114 cm³/mol. The number of carbonyl (C=O) groups excluding carboxylic acids is 2. The normalized spacial score (nSPS) is 16.6. The van der Waals surface area contributed by atoms with E-state index < -0.39 is 29.3 Å². The molecular formula is C21H22ClFN2O3S. The molecule has 29 heavy (non-hydrogen) atoms. The first kappa shape index (κ1) is 21.5. The smallest absolute Gasteiger partial charge is 0.309 e. The third kappa shape index (κ3) is 4.67. The van der Waals surface area contributed by atoms with Gasteiger partial charge in [-0.3, -0.25) is 14.6 Å². The first-order valence-corrected chi connectivity index (χ1v) is 10.3. The monoisotopic (exact) mass is 436 g/mol. The lowest BCUT2D eigenvalue weighted by Gasteiger charge is -2.20. The SMILES string of the molecule is Cc1sc2c(c1C)C(c1ccc(Cl)c(F)c1)=NC(CC(=O)OC(C)(C)C)C(=O)N2. The van der Waals surface area contributed by atoms with Crippen LogP contribution in [0.3, 0.4) is 0 Å². The Morgan fingerprint density at radius 1 is 1.34 bits per heavy atom. The summed E-state index contributed by atoms with van der Waals surface area (Å²) in [5, 5.41) is 3.50. The Hall–Kier alpha value is -2.25. The van der Waals surface area contributed by atoms with Gasteiger partial charge in [-0.2, -0.15) is 0 Å². The Bertz CT molecular complexity index is 1020. The Morgan fingerprint density at radius 3 is 2.66 bits per heavy atom. The van der Waals surface area contributed by atoms with Crippen molar-refractivity contribution in [3.05, 3.63) is 50.6 Å². The minimum atomic E-state index is -0.988. The molecule has 154 valence electrons. The van der Waals surface area contributed by atoms with Crippen LogP contribution in [-0.4, -0.2) is 29.2 Å². The molecule has 1 aromatic carbocycles. The van der Waals surface area contributed by atoms with Gasteiger partial charge in [0, 0.05) is 16.0 Å². The zero-order chi connectivity index (χ0) is 21.5. The number of hydrogen-bond acceptors (Lipinski definition) is 5. The highest BCUT2D eigenvalue weighted by atomic mass is 35.5. The molecule has 0 aliphatic carbocycles. The molecule has 5 nitrogen and oxygen atoms in total. The van der Waals surface area contributed by atoms with Crippen LogP contribution in [-0.2, 0) is 14.3 Å². The van der Waals surface area contributed by atoms with Gasteiger partial charge < -0.3 is 10.1 Å². The van der Waals surface area contributed by atoms with E-state index in [4.69, 9.17) is 16.3 Å². The molecule has 2 aromatic rings. The standard InChI is InChI=1S/C21H22ClFN2O3S/c1-10-11(2)29-20-17(10)18(12-6-7-13(22)14(23)8-12)24-15(19(27)25-20)9-16(26)28-21(3,4)5/h6-8,15H,9H2,1-5H3,(H,25,27). The lowest BCUT2D eigenvalue weighted by atomic mass is 9.99. The first-order valence-electron chi connectivity index (χ1n) is 9.12. The summed E-state index contributed by atoms with van der Waals surface area (Å²) in [6.45, 7) is 9.14. The maximum atomic E-state index is 14.1. The molecule has 0 spiro atoms. The fourth-order valence-corrected chi connectivity index (χ4v) is 4.20. The third-order valence-electron chi connectivity index (χ3n) is 4.42. The average Bonchev–Trinajstić information content (AvgIpc) is 2.78. The van der Waals surface area contributed by atoms with Crippen LogP contribution >= 0.6 is 22.9 Å². The van der Waals surface area contributed by atoms with E-state index in [1.54, 1.807) is 26.8 Å². The zero-order valence-corrected chi connectivity index (χ0v) is 18.4. The van der Waals surface area contributed by atoms with E-state index in [2.05, 4.69) is 10.3 Å². The Kier molecular flexibility index (Phi) is 5.83. The summed E-state index contributed by atoms with van der Waals surface area (Å²) in [6.07, 6.45) is -0.213. The van der Waals surface area contributed by atoms with Gasteiger partial charge >= 0.3 is 5.97 Å². The molecule has 0 bridgehead atoms. The van der Waals surface area contributed by atoms with Crippen molar-refractivity contribution in [1.82, 2.24) is 0 Å². The number of benzene rings is 1. The highest BCUT2D eigenvalue weighted by Crippen LogP contribution is 2.37. The number of carbonyl (C=O) groups is 2. The van der Waals surface area contributed by atoms with E-state index in [-0.39, 0.29) is 11.4 Å². The van der Waals surface area contributed by atoms with Gasteiger partial charge in [-0.15, -0.1) is 11.3 Å². The summed E-state index contributed by atoms with van der Waals surface area (Å²) in [6, 6.07) is 3.41. The second kappa shape index (κ2) is 7.88. The van der Waals surface area contributed by atoms with E-state index in [0.717, 1.165) is 16.0 Å². The summed E-state index contributed by atoms with van der Waals surface area (Å²) in [5.74, 6) is -1.51. The number of halogens is 2. The molecule has 2 heterocycles. The molecule has 1 aromatic heterocycles. The predicted octanol–water partition coefficient (Wildman–Crippen LogP) is 5.05. The van der Waals surface area contributed by atoms with Crippen LogP contribution in [0.2, 0.25) is 5.02 Å². The molecule has 0 saturated carbocycles. The van der Waals surface area contributed by atoms with Gasteiger partial charge in [0.15, 0.2) is 0 Å². The maximum Gasteiger partial charge on any atom is 0.309 e. The van der Waals surface area contributed by atoms with Crippen molar-refractivity contribution in [2.75, 3.05) is 5.32 Å². The molecule has 8 heteroatoms. The van der Waals surface area contributed by atoms with Crippen molar-refractivity contribution in [2.45, 2.75) is 52.7 Å². The van der Waals surface area contributed by atoms with Crippen molar-refractivity contribution in [3.63, 3.8) is 0 Å². The Labute approximate surface area is 177 Å². The first-order chi connectivity index (χ1) is 13.5. The van der Waals surface area contributed by atoms with Crippen LogP contribution in [0, 0.1) is 19.7 Å². The molecular weight excluding hydrogens is 415 g/mol. The van der Waals surface area contributed by atoms with Crippen molar-refractivity contribution < 1.29 is 18.7 Å². The molecule has 1 aliphatic heterocycles.